The van der Waals surface area contributed by atoms with Crippen LogP contribution in [0.2, 0.25) is 0 Å². The van der Waals surface area contributed by atoms with Gasteiger partial charge >= 0.3 is 11.7 Å². The topological polar surface area (TPSA) is 64.1 Å². The number of hydrogen-bond acceptors (Lipinski definition) is 3. The fourth-order valence-corrected chi connectivity index (χ4v) is 2.29. The lowest BCUT2D eigenvalue weighted by molar-refractivity contribution is -0.155. The summed E-state index contributed by atoms with van der Waals surface area (Å²) in [5, 5.41) is 0. The van der Waals surface area contributed by atoms with E-state index in [4.69, 9.17) is 4.74 Å². The van der Waals surface area contributed by atoms with E-state index in [9.17, 15) is 9.59 Å². The Morgan fingerprint density at radius 3 is 2.79 bits per heavy atom. The van der Waals surface area contributed by atoms with E-state index in [1.54, 1.807) is 0 Å². The van der Waals surface area contributed by atoms with Gasteiger partial charge in [0.05, 0.1) is 5.69 Å². The number of nitrogens with one attached hydrogen (secondary N) is 1. The fraction of sp³-hybridized carbons (Fsp3) is 0.571. The average Bonchev–Trinajstić information content (AvgIpc) is 2.55. The summed E-state index contributed by atoms with van der Waals surface area (Å²) in [6.07, 6.45) is 3.76. The summed E-state index contributed by atoms with van der Waals surface area (Å²) in [6.45, 7) is 7.37. The van der Waals surface area contributed by atoms with Gasteiger partial charge in [-0.05, 0) is 46.1 Å². The Morgan fingerprint density at radius 1 is 1.47 bits per heavy atom. The van der Waals surface area contributed by atoms with Crippen molar-refractivity contribution in [2.75, 3.05) is 0 Å². The van der Waals surface area contributed by atoms with Gasteiger partial charge in [-0.2, -0.15) is 0 Å². The number of carbonyl (C=O) groups is 1. The van der Waals surface area contributed by atoms with Gasteiger partial charge in [0, 0.05) is 5.69 Å². The highest BCUT2D eigenvalue weighted by molar-refractivity contribution is 5.71. The van der Waals surface area contributed by atoms with Crippen molar-refractivity contribution in [1.29, 1.82) is 0 Å². The van der Waals surface area contributed by atoms with Gasteiger partial charge in [-0.3, -0.25) is 9.36 Å². The molecule has 0 saturated heterocycles. The molecular weight excluding hydrogens is 244 g/mol. The van der Waals surface area contributed by atoms with E-state index in [-0.39, 0.29) is 18.2 Å². The Morgan fingerprint density at radius 2 is 2.16 bits per heavy atom. The molecule has 1 aliphatic rings. The number of rotatable bonds is 2. The molecule has 0 atom stereocenters. The molecule has 0 aromatic carbocycles. The zero-order valence-corrected chi connectivity index (χ0v) is 11.9. The quantitative estimate of drug-likeness (QED) is 0.829. The number of carbonyl (C=O) groups excluding carboxylic acids is 1. The Hall–Kier alpha value is -1.78. The number of aromatic nitrogens is 2. The van der Waals surface area contributed by atoms with Crippen LogP contribution in [0, 0.1) is 0 Å². The molecule has 0 saturated carbocycles. The summed E-state index contributed by atoms with van der Waals surface area (Å²) in [6, 6.07) is 0. The second-order valence-corrected chi connectivity index (χ2v) is 5.85. The maximum absolute atomic E-state index is 11.9. The van der Waals surface area contributed by atoms with Crippen LogP contribution in [0.25, 0.3) is 5.57 Å². The monoisotopic (exact) mass is 264 g/mol. The molecule has 0 radical (unpaired) electrons. The third-order valence-corrected chi connectivity index (χ3v) is 3.02. The van der Waals surface area contributed by atoms with Gasteiger partial charge in [-0.25, -0.2) is 4.79 Å². The molecule has 0 amide bonds. The van der Waals surface area contributed by atoms with E-state index in [0.29, 0.717) is 0 Å². The molecule has 104 valence electrons. The zero-order chi connectivity index (χ0) is 14.2. The summed E-state index contributed by atoms with van der Waals surface area (Å²) < 4.78 is 6.74. The second-order valence-electron chi connectivity index (χ2n) is 5.85. The lowest BCUT2D eigenvalue weighted by Gasteiger charge is -2.20. The first-order valence-electron chi connectivity index (χ1n) is 6.48. The number of hydrogen-bond donors (Lipinski definition) is 1. The fourth-order valence-electron chi connectivity index (χ4n) is 2.29. The van der Waals surface area contributed by atoms with Crippen molar-refractivity contribution in [3.63, 3.8) is 0 Å². The molecule has 0 bridgehead atoms. The first kappa shape index (κ1) is 13.6. The Bertz CT molecular complexity index is 585. The molecule has 1 aliphatic carbocycles. The summed E-state index contributed by atoms with van der Waals surface area (Å²) in [7, 11) is 0. The van der Waals surface area contributed by atoms with Gasteiger partial charge in [-0.15, -0.1) is 0 Å². The Kier molecular flexibility index (Phi) is 3.39. The second kappa shape index (κ2) is 4.72. The number of fused-ring (bicyclic) bond motifs is 1. The predicted molar refractivity (Wildman–Crippen MR) is 72.9 cm³/mol. The normalized spacial score (nSPS) is 14.8. The van der Waals surface area contributed by atoms with E-state index in [1.807, 2.05) is 27.7 Å². The minimum Gasteiger partial charge on any atom is -0.459 e. The summed E-state index contributed by atoms with van der Waals surface area (Å²) >= 11 is 0. The SMILES string of the molecule is CC1=CCCc2c1[nH]c(=O)n2CC(=O)OC(C)(C)C. The average molecular weight is 264 g/mol. The summed E-state index contributed by atoms with van der Waals surface area (Å²) in [5.74, 6) is -0.386. The van der Waals surface area contributed by atoms with Gasteiger partial charge in [0.2, 0.25) is 0 Å². The molecule has 1 heterocycles. The van der Waals surface area contributed by atoms with Crippen LogP contribution in [0.15, 0.2) is 10.9 Å². The maximum Gasteiger partial charge on any atom is 0.326 e. The van der Waals surface area contributed by atoms with Crippen molar-refractivity contribution in [2.45, 2.75) is 52.7 Å². The van der Waals surface area contributed by atoms with Crippen molar-refractivity contribution in [2.24, 2.45) is 0 Å². The molecule has 1 aromatic rings. The highest BCUT2D eigenvalue weighted by Gasteiger charge is 2.22. The van der Waals surface area contributed by atoms with Gasteiger partial charge in [0.25, 0.3) is 0 Å². The highest BCUT2D eigenvalue weighted by atomic mass is 16.6. The third kappa shape index (κ3) is 2.97. The van der Waals surface area contributed by atoms with Crippen LogP contribution in [0.5, 0.6) is 0 Å². The van der Waals surface area contributed by atoms with Crippen LogP contribution in [0.1, 0.15) is 45.5 Å². The van der Waals surface area contributed by atoms with Crippen molar-refractivity contribution in [3.8, 4) is 0 Å². The van der Waals surface area contributed by atoms with E-state index in [2.05, 4.69) is 11.1 Å². The number of allylic oxidation sites excluding steroid dienone is 2. The minimum atomic E-state index is -0.535. The van der Waals surface area contributed by atoms with Crippen molar-refractivity contribution in [3.05, 3.63) is 27.9 Å². The van der Waals surface area contributed by atoms with Gasteiger partial charge in [-0.1, -0.05) is 6.08 Å². The number of imidazole rings is 1. The van der Waals surface area contributed by atoms with Crippen LogP contribution in [0.4, 0.5) is 0 Å². The van der Waals surface area contributed by atoms with Crippen LogP contribution >= 0.6 is 0 Å². The van der Waals surface area contributed by atoms with E-state index in [1.165, 1.54) is 4.57 Å². The Labute approximate surface area is 112 Å². The highest BCUT2D eigenvalue weighted by Crippen LogP contribution is 2.23. The number of ether oxygens (including phenoxy) is 1. The lowest BCUT2D eigenvalue weighted by Crippen LogP contribution is -2.30. The van der Waals surface area contributed by atoms with Gasteiger partial charge < -0.3 is 9.72 Å². The van der Waals surface area contributed by atoms with Crippen molar-refractivity contribution >= 4 is 11.5 Å². The molecule has 0 fully saturated rings. The number of H-pyrrole nitrogens is 1. The van der Waals surface area contributed by atoms with E-state index >= 15 is 0 Å². The van der Waals surface area contributed by atoms with Crippen LogP contribution in [-0.2, 0) is 22.5 Å². The molecule has 0 unspecified atom stereocenters. The van der Waals surface area contributed by atoms with Crippen LogP contribution in [-0.4, -0.2) is 21.1 Å². The van der Waals surface area contributed by atoms with Crippen molar-refractivity contribution in [1.82, 2.24) is 9.55 Å². The Balaban J connectivity index is 2.25. The first-order chi connectivity index (χ1) is 8.78. The molecule has 0 aliphatic heterocycles. The van der Waals surface area contributed by atoms with Crippen LogP contribution < -0.4 is 5.69 Å². The molecule has 1 aromatic heterocycles. The smallest absolute Gasteiger partial charge is 0.326 e. The molecule has 1 N–H and O–H groups in total. The van der Waals surface area contributed by atoms with E-state index < -0.39 is 5.60 Å². The zero-order valence-electron chi connectivity index (χ0n) is 11.9. The first-order valence-corrected chi connectivity index (χ1v) is 6.48. The molecule has 5 nitrogen and oxygen atoms in total. The summed E-state index contributed by atoms with van der Waals surface area (Å²) in [4.78, 5) is 26.6. The largest absolute Gasteiger partial charge is 0.459 e. The van der Waals surface area contributed by atoms with E-state index in [0.717, 1.165) is 29.8 Å². The molecule has 19 heavy (non-hydrogen) atoms. The molecule has 5 heteroatoms. The molecule has 2 rings (SSSR count). The van der Waals surface area contributed by atoms with Gasteiger partial charge in [0.1, 0.15) is 12.1 Å². The standard InChI is InChI=1S/C14H20N2O3/c1-9-6-5-7-10-12(9)15-13(18)16(10)8-11(17)19-14(2,3)4/h6H,5,7-8H2,1-4H3,(H,15,18). The molecular formula is C14H20N2O3. The van der Waals surface area contributed by atoms with Crippen LogP contribution in [0.3, 0.4) is 0 Å². The summed E-state index contributed by atoms with van der Waals surface area (Å²) in [5.41, 5.74) is 2.02. The lowest BCUT2D eigenvalue weighted by atomic mass is 10.0. The third-order valence-electron chi connectivity index (χ3n) is 3.02. The minimum absolute atomic E-state index is 0.0325. The van der Waals surface area contributed by atoms with Crippen molar-refractivity contribution < 1.29 is 9.53 Å². The van der Waals surface area contributed by atoms with Gasteiger partial charge in [0.15, 0.2) is 0 Å². The maximum atomic E-state index is 11.9. The molecule has 0 spiro atoms. The number of nitrogens with zero attached hydrogens (tertiary/aromatic N) is 1. The number of esters is 1. The predicted octanol–water partition coefficient (Wildman–Crippen LogP) is 1.87. The number of aromatic amines is 1.